The molecule has 1 aliphatic rings. The fourth-order valence-electron chi connectivity index (χ4n) is 1.87. The molecule has 1 aromatic rings. The molecular formula is C12H13BO4. The highest BCUT2D eigenvalue weighted by atomic mass is 16.5. The zero-order chi connectivity index (χ0) is 12.3. The van der Waals surface area contributed by atoms with E-state index in [9.17, 15) is 9.82 Å². The van der Waals surface area contributed by atoms with Gasteiger partial charge < -0.3 is 14.8 Å². The van der Waals surface area contributed by atoms with E-state index in [-0.39, 0.29) is 6.42 Å². The smallest absolute Gasteiger partial charge is 0.481 e. The fraction of sp³-hybridized carbons (Fsp3) is 0.250. The molecule has 0 aromatic heterocycles. The van der Waals surface area contributed by atoms with Crippen molar-refractivity contribution in [2.24, 2.45) is 0 Å². The van der Waals surface area contributed by atoms with Gasteiger partial charge in [0.05, 0.1) is 6.61 Å². The third-order valence-electron chi connectivity index (χ3n) is 2.70. The highest BCUT2D eigenvalue weighted by Gasteiger charge is 2.28. The lowest BCUT2D eigenvalue weighted by molar-refractivity contribution is -0.136. The summed E-state index contributed by atoms with van der Waals surface area (Å²) in [5.74, 6) is -0.809. The molecule has 0 unspecified atom stereocenters. The molecule has 2 N–H and O–H groups in total. The van der Waals surface area contributed by atoms with Crippen LogP contribution in [-0.2, 0) is 16.1 Å². The van der Waals surface area contributed by atoms with E-state index in [1.165, 1.54) is 0 Å². The van der Waals surface area contributed by atoms with Crippen molar-refractivity contribution in [3.8, 4) is 0 Å². The van der Waals surface area contributed by atoms with Crippen molar-refractivity contribution in [3.05, 3.63) is 35.4 Å². The molecule has 2 rings (SSSR count). The molecule has 0 atom stereocenters. The number of carboxylic acid groups (broad SMARTS) is 1. The van der Waals surface area contributed by atoms with Gasteiger partial charge in [-0.15, -0.1) is 0 Å². The van der Waals surface area contributed by atoms with Crippen molar-refractivity contribution < 1.29 is 19.6 Å². The molecule has 1 aliphatic heterocycles. The van der Waals surface area contributed by atoms with Gasteiger partial charge in [0.15, 0.2) is 0 Å². The zero-order valence-corrected chi connectivity index (χ0v) is 9.30. The monoisotopic (exact) mass is 232 g/mol. The van der Waals surface area contributed by atoms with E-state index in [0.29, 0.717) is 13.0 Å². The van der Waals surface area contributed by atoms with Crippen LogP contribution in [0, 0.1) is 0 Å². The first-order chi connectivity index (χ1) is 8.18. The first-order valence-corrected chi connectivity index (χ1v) is 5.48. The second-order valence-electron chi connectivity index (χ2n) is 3.92. The van der Waals surface area contributed by atoms with Gasteiger partial charge in [-0.2, -0.15) is 0 Å². The lowest BCUT2D eigenvalue weighted by Gasteiger charge is -2.03. The van der Waals surface area contributed by atoms with Crippen molar-refractivity contribution in [2.75, 3.05) is 0 Å². The first kappa shape index (κ1) is 11.9. The van der Waals surface area contributed by atoms with Crippen LogP contribution in [0.5, 0.6) is 0 Å². The molecule has 0 saturated heterocycles. The number of carbonyl (C=O) groups is 1. The van der Waals surface area contributed by atoms with Gasteiger partial charge in [0.25, 0.3) is 0 Å². The number of carboxylic acids is 1. The molecule has 88 valence electrons. The minimum Gasteiger partial charge on any atom is -0.481 e. The fourth-order valence-corrected chi connectivity index (χ4v) is 1.87. The maximum absolute atomic E-state index is 10.4. The highest BCUT2D eigenvalue weighted by Crippen LogP contribution is 2.14. The number of fused-ring (bicyclic) bond motifs is 1. The van der Waals surface area contributed by atoms with Crippen LogP contribution in [-0.4, -0.2) is 23.2 Å². The maximum Gasteiger partial charge on any atom is 0.492 e. The van der Waals surface area contributed by atoms with Crippen molar-refractivity contribution in [1.29, 1.82) is 0 Å². The van der Waals surface area contributed by atoms with Crippen LogP contribution in [0.25, 0.3) is 6.08 Å². The summed E-state index contributed by atoms with van der Waals surface area (Å²) in [6.45, 7) is 0.424. The molecule has 0 aliphatic carbocycles. The van der Waals surface area contributed by atoms with E-state index >= 15 is 0 Å². The van der Waals surface area contributed by atoms with Crippen molar-refractivity contribution in [2.45, 2.75) is 19.4 Å². The second kappa shape index (κ2) is 5.16. The SMILES string of the molecule is O=C(O)CC/C=C/c1cccc2c1B(O)OC2. The average molecular weight is 232 g/mol. The first-order valence-electron chi connectivity index (χ1n) is 5.48. The summed E-state index contributed by atoms with van der Waals surface area (Å²) < 4.78 is 5.14. The molecule has 0 radical (unpaired) electrons. The molecule has 0 saturated carbocycles. The van der Waals surface area contributed by atoms with Gasteiger partial charge in [0.2, 0.25) is 0 Å². The van der Waals surface area contributed by atoms with Crippen LogP contribution >= 0.6 is 0 Å². The normalized spacial score (nSPS) is 14.3. The van der Waals surface area contributed by atoms with Crippen LogP contribution in [0.4, 0.5) is 0 Å². The van der Waals surface area contributed by atoms with Crippen LogP contribution in [0.1, 0.15) is 24.0 Å². The quantitative estimate of drug-likeness (QED) is 0.753. The average Bonchev–Trinajstić information content (AvgIpc) is 2.67. The van der Waals surface area contributed by atoms with Crippen LogP contribution in [0.3, 0.4) is 0 Å². The Hall–Kier alpha value is -1.59. The number of hydrogen-bond donors (Lipinski definition) is 2. The summed E-state index contributed by atoms with van der Waals surface area (Å²) in [4.78, 5) is 10.4. The van der Waals surface area contributed by atoms with E-state index < -0.39 is 13.1 Å². The zero-order valence-electron chi connectivity index (χ0n) is 9.30. The van der Waals surface area contributed by atoms with Crippen molar-refractivity contribution >= 4 is 24.6 Å². The van der Waals surface area contributed by atoms with Gasteiger partial charge in [-0.25, -0.2) is 0 Å². The Kier molecular flexibility index (Phi) is 3.61. The van der Waals surface area contributed by atoms with E-state index in [0.717, 1.165) is 16.6 Å². The summed E-state index contributed by atoms with van der Waals surface area (Å²) in [5.41, 5.74) is 2.66. The Bertz CT molecular complexity index is 456. The number of allylic oxidation sites excluding steroid dienone is 1. The number of aliphatic carboxylic acids is 1. The number of hydrogen-bond acceptors (Lipinski definition) is 3. The van der Waals surface area contributed by atoms with E-state index in [4.69, 9.17) is 9.76 Å². The highest BCUT2D eigenvalue weighted by molar-refractivity contribution is 6.62. The third kappa shape index (κ3) is 2.75. The molecular weight excluding hydrogens is 219 g/mol. The molecule has 0 fully saturated rings. The summed E-state index contributed by atoms with van der Waals surface area (Å²) in [7, 11) is -0.870. The standard InChI is InChI=1S/C12H13BO4/c14-11(15)7-2-1-4-9-5-3-6-10-8-17-13(16)12(9)10/h1,3-6,16H,2,7-8H2,(H,14,15)/b4-1+. The molecule has 4 nitrogen and oxygen atoms in total. The van der Waals surface area contributed by atoms with Gasteiger partial charge >= 0.3 is 13.1 Å². The van der Waals surface area contributed by atoms with Crippen LogP contribution in [0.15, 0.2) is 24.3 Å². The van der Waals surface area contributed by atoms with Gasteiger partial charge in [0, 0.05) is 6.42 Å². The molecule has 0 bridgehead atoms. The van der Waals surface area contributed by atoms with Crippen molar-refractivity contribution in [1.82, 2.24) is 0 Å². The van der Waals surface area contributed by atoms with Gasteiger partial charge in [-0.3, -0.25) is 4.79 Å². The predicted octanol–water partition coefficient (Wildman–Crippen LogP) is 0.782. The molecule has 17 heavy (non-hydrogen) atoms. The van der Waals surface area contributed by atoms with E-state index in [1.807, 2.05) is 24.3 Å². The Morgan fingerprint density at radius 3 is 3.12 bits per heavy atom. The minimum absolute atomic E-state index is 0.116. The van der Waals surface area contributed by atoms with Gasteiger partial charge in [-0.05, 0) is 23.0 Å². The molecule has 1 heterocycles. The number of benzene rings is 1. The van der Waals surface area contributed by atoms with Gasteiger partial charge in [0.1, 0.15) is 0 Å². The summed E-state index contributed by atoms with van der Waals surface area (Å²) >= 11 is 0. The largest absolute Gasteiger partial charge is 0.492 e. The van der Waals surface area contributed by atoms with E-state index in [2.05, 4.69) is 0 Å². The van der Waals surface area contributed by atoms with Crippen LogP contribution < -0.4 is 5.46 Å². The summed E-state index contributed by atoms with van der Waals surface area (Å²) in [5, 5.41) is 18.2. The van der Waals surface area contributed by atoms with Gasteiger partial charge in [-0.1, -0.05) is 30.4 Å². The maximum atomic E-state index is 10.4. The predicted molar refractivity (Wildman–Crippen MR) is 64.7 cm³/mol. The van der Waals surface area contributed by atoms with Crippen molar-refractivity contribution in [3.63, 3.8) is 0 Å². The number of rotatable bonds is 4. The van der Waals surface area contributed by atoms with E-state index in [1.54, 1.807) is 6.08 Å². The molecule has 0 spiro atoms. The Balaban J connectivity index is 2.12. The molecule has 5 heteroatoms. The Morgan fingerprint density at radius 2 is 2.35 bits per heavy atom. The topological polar surface area (TPSA) is 66.8 Å². The lowest BCUT2D eigenvalue weighted by atomic mass is 9.76. The summed E-state index contributed by atoms with van der Waals surface area (Å²) in [6.07, 6.45) is 4.23. The summed E-state index contributed by atoms with van der Waals surface area (Å²) in [6, 6.07) is 5.70. The molecule has 1 aromatic carbocycles. The second-order valence-corrected chi connectivity index (χ2v) is 3.92. The van der Waals surface area contributed by atoms with Crippen LogP contribution in [0.2, 0.25) is 0 Å². The molecule has 0 amide bonds. The Morgan fingerprint density at radius 1 is 1.53 bits per heavy atom. The lowest BCUT2D eigenvalue weighted by Crippen LogP contribution is -2.30. The third-order valence-corrected chi connectivity index (χ3v) is 2.70. The Labute approximate surface area is 99.7 Å². The minimum atomic E-state index is -0.870.